The van der Waals surface area contributed by atoms with Crippen molar-refractivity contribution in [1.29, 1.82) is 0 Å². The Kier molecular flexibility index (Phi) is 9.12. The SMILES string of the molecule is CCn1nnc2c(C)c(C(CC(=O)N3C(=O)OCC3c3ccccc3)c3ccc(C)c(COCc4ccc(OC)cc4)c3)ccc21. The average Bonchev–Trinajstić information content (AvgIpc) is 3.69. The maximum atomic E-state index is 14.1. The summed E-state index contributed by atoms with van der Waals surface area (Å²) >= 11 is 0. The van der Waals surface area contributed by atoms with Gasteiger partial charge in [0.05, 0.1) is 25.8 Å². The minimum Gasteiger partial charge on any atom is -0.497 e. The van der Waals surface area contributed by atoms with Crippen molar-refractivity contribution < 1.29 is 23.8 Å². The van der Waals surface area contributed by atoms with Crippen LogP contribution in [0.3, 0.4) is 0 Å². The molecule has 5 aromatic rings. The third-order valence-corrected chi connectivity index (χ3v) is 8.82. The molecule has 1 aromatic heterocycles. The molecule has 2 unspecified atom stereocenters. The van der Waals surface area contributed by atoms with E-state index in [1.807, 2.05) is 79.2 Å². The lowest BCUT2D eigenvalue weighted by Gasteiger charge is -2.25. The van der Waals surface area contributed by atoms with Crippen LogP contribution in [-0.4, -0.2) is 45.6 Å². The van der Waals surface area contributed by atoms with Gasteiger partial charge in [-0.3, -0.25) is 4.79 Å². The molecule has 0 saturated carbocycles. The van der Waals surface area contributed by atoms with Crippen molar-refractivity contribution >= 4 is 23.0 Å². The van der Waals surface area contributed by atoms with E-state index in [0.717, 1.165) is 55.7 Å². The summed E-state index contributed by atoms with van der Waals surface area (Å²) < 4.78 is 18.7. The maximum absolute atomic E-state index is 14.1. The fourth-order valence-corrected chi connectivity index (χ4v) is 6.16. The first-order valence-electron chi connectivity index (χ1n) is 15.5. The molecule has 9 heteroatoms. The van der Waals surface area contributed by atoms with Gasteiger partial charge in [0.2, 0.25) is 5.91 Å². The average molecular weight is 619 g/mol. The molecule has 236 valence electrons. The molecule has 0 aliphatic carbocycles. The van der Waals surface area contributed by atoms with Crippen LogP contribution in [-0.2, 0) is 34.0 Å². The Morgan fingerprint density at radius 3 is 2.52 bits per heavy atom. The number of benzene rings is 4. The van der Waals surface area contributed by atoms with Crippen molar-refractivity contribution in [3.8, 4) is 5.75 Å². The molecule has 2 atom stereocenters. The second kappa shape index (κ2) is 13.5. The van der Waals surface area contributed by atoms with Crippen molar-refractivity contribution in [3.63, 3.8) is 0 Å². The molecule has 0 radical (unpaired) electrons. The molecule has 2 heterocycles. The van der Waals surface area contributed by atoms with E-state index < -0.39 is 12.1 Å². The number of imide groups is 1. The first-order chi connectivity index (χ1) is 22.4. The van der Waals surface area contributed by atoms with Crippen molar-refractivity contribution in [2.24, 2.45) is 0 Å². The quantitative estimate of drug-likeness (QED) is 0.157. The Bertz CT molecular complexity index is 1850. The minimum atomic E-state index is -0.618. The predicted octanol–water partition coefficient (Wildman–Crippen LogP) is 7.04. The van der Waals surface area contributed by atoms with Crippen molar-refractivity contribution in [2.45, 2.75) is 58.9 Å². The lowest BCUT2D eigenvalue weighted by molar-refractivity contribution is -0.129. The van der Waals surface area contributed by atoms with Gasteiger partial charge in [-0.1, -0.05) is 71.9 Å². The molecule has 4 aromatic carbocycles. The van der Waals surface area contributed by atoms with Gasteiger partial charge < -0.3 is 14.2 Å². The van der Waals surface area contributed by atoms with Gasteiger partial charge in [-0.15, -0.1) is 5.10 Å². The molecular formula is C37H38N4O5. The number of carbonyl (C=O) groups is 2. The Morgan fingerprint density at radius 2 is 1.78 bits per heavy atom. The zero-order chi connectivity index (χ0) is 32.2. The van der Waals surface area contributed by atoms with Crippen LogP contribution in [0.15, 0.2) is 84.9 Å². The number of methoxy groups -OCH3 is 1. The van der Waals surface area contributed by atoms with Crippen LogP contribution in [0.5, 0.6) is 5.75 Å². The van der Waals surface area contributed by atoms with Gasteiger partial charge in [0.25, 0.3) is 0 Å². The Morgan fingerprint density at radius 1 is 1.00 bits per heavy atom. The van der Waals surface area contributed by atoms with Crippen molar-refractivity contribution in [2.75, 3.05) is 13.7 Å². The summed E-state index contributed by atoms with van der Waals surface area (Å²) in [6, 6.07) is 27.2. The maximum Gasteiger partial charge on any atom is 0.417 e. The molecule has 46 heavy (non-hydrogen) atoms. The number of ether oxygens (including phenoxy) is 3. The van der Waals surface area contributed by atoms with E-state index in [-0.39, 0.29) is 24.9 Å². The third-order valence-electron chi connectivity index (χ3n) is 8.82. The molecule has 1 saturated heterocycles. The number of aromatic nitrogens is 3. The summed E-state index contributed by atoms with van der Waals surface area (Å²) in [5, 5.41) is 8.80. The lowest BCUT2D eigenvalue weighted by Crippen LogP contribution is -2.35. The zero-order valence-corrected chi connectivity index (χ0v) is 26.6. The highest BCUT2D eigenvalue weighted by Gasteiger charge is 2.40. The van der Waals surface area contributed by atoms with Gasteiger partial charge in [0.1, 0.15) is 23.9 Å². The molecule has 1 aliphatic heterocycles. The van der Waals surface area contributed by atoms with Gasteiger partial charge in [-0.25, -0.2) is 14.4 Å². The molecule has 1 fully saturated rings. The number of nitrogens with zero attached hydrogens (tertiary/aromatic N) is 4. The highest BCUT2D eigenvalue weighted by atomic mass is 16.6. The smallest absolute Gasteiger partial charge is 0.417 e. The van der Waals surface area contributed by atoms with E-state index in [2.05, 4.69) is 41.5 Å². The van der Waals surface area contributed by atoms with Gasteiger partial charge >= 0.3 is 6.09 Å². The second-order valence-corrected chi connectivity index (χ2v) is 11.6. The van der Waals surface area contributed by atoms with Crippen LogP contribution in [0.1, 0.15) is 64.2 Å². The molecule has 0 spiro atoms. The highest BCUT2D eigenvalue weighted by molar-refractivity contribution is 5.94. The standard InChI is InChI=1S/C37H38N4O5/c1-5-40-33-18-17-31(25(3)36(33)38-39-40)32(20-35(42)41-34(23-46-37(41)43)27-9-7-6-8-10-27)28-14-11-24(2)29(19-28)22-45-21-26-12-15-30(44-4)16-13-26/h6-19,32,34H,5,20-23H2,1-4H3. The van der Waals surface area contributed by atoms with E-state index in [0.29, 0.717) is 19.8 Å². The van der Waals surface area contributed by atoms with Crippen LogP contribution in [0.25, 0.3) is 11.0 Å². The summed E-state index contributed by atoms with van der Waals surface area (Å²) in [5.41, 5.74) is 8.64. The third kappa shape index (κ3) is 6.23. The van der Waals surface area contributed by atoms with Crippen molar-refractivity contribution in [3.05, 3.63) is 124 Å². The Labute approximate surface area is 268 Å². The minimum absolute atomic E-state index is 0.0713. The number of carbonyl (C=O) groups excluding carboxylic acids is 2. The first kappa shape index (κ1) is 31.0. The molecule has 2 amide bonds. The molecular weight excluding hydrogens is 580 g/mol. The number of fused-ring (bicyclic) bond motifs is 1. The summed E-state index contributed by atoms with van der Waals surface area (Å²) in [4.78, 5) is 28.3. The predicted molar refractivity (Wildman–Crippen MR) is 174 cm³/mol. The largest absolute Gasteiger partial charge is 0.497 e. The van der Waals surface area contributed by atoms with Gasteiger partial charge in [-0.2, -0.15) is 0 Å². The number of hydrogen-bond donors (Lipinski definition) is 0. The monoisotopic (exact) mass is 618 g/mol. The van der Waals surface area contributed by atoms with Crippen LogP contribution >= 0.6 is 0 Å². The van der Waals surface area contributed by atoms with E-state index >= 15 is 0 Å². The zero-order valence-electron chi connectivity index (χ0n) is 26.6. The normalized spacial score (nSPS) is 15.3. The number of aryl methyl sites for hydroxylation is 3. The van der Waals surface area contributed by atoms with E-state index in [4.69, 9.17) is 14.2 Å². The van der Waals surface area contributed by atoms with E-state index in [1.165, 1.54) is 4.90 Å². The Balaban J connectivity index is 1.33. The molecule has 9 nitrogen and oxygen atoms in total. The summed E-state index contributed by atoms with van der Waals surface area (Å²) in [5.74, 6) is 0.154. The Hall–Kier alpha value is -5.02. The van der Waals surface area contributed by atoms with E-state index in [9.17, 15) is 9.59 Å². The van der Waals surface area contributed by atoms with Crippen molar-refractivity contribution in [1.82, 2.24) is 19.9 Å². The van der Waals surface area contributed by atoms with Gasteiger partial charge in [0.15, 0.2) is 0 Å². The molecule has 0 N–H and O–H groups in total. The summed E-state index contributed by atoms with van der Waals surface area (Å²) in [7, 11) is 1.65. The number of amides is 2. The summed E-state index contributed by atoms with van der Waals surface area (Å²) in [6.45, 7) is 7.80. The number of hydrogen-bond acceptors (Lipinski definition) is 7. The molecule has 1 aliphatic rings. The molecule has 0 bridgehead atoms. The lowest BCUT2D eigenvalue weighted by atomic mass is 9.84. The topological polar surface area (TPSA) is 95.8 Å². The number of rotatable bonds is 11. The molecule has 6 rings (SSSR count). The van der Waals surface area contributed by atoms with Crippen LogP contribution in [0.4, 0.5) is 4.79 Å². The van der Waals surface area contributed by atoms with Crippen LogP contribution in [0, 0.1) is 13.8 Å². The fourth-order valence-electron chi connectivity index (χ4n) is 6.16. The van der Waals surface area contributed by atoms with Crippen LogP contribution in [0.2, 0.25) is 0 Å². The number of cyclic esters (lactones) is 1. The highest BCUT2D eigenvalue weighted by Crippen LogP contribution is 2.37. The van der Waals surface area contributed by atoms with Crippen LogP contribution < -0.4 is 4.74 Å². The first-order valence-corrected chi connectivity index (χ1v) is 15.5. The fraction of sp³-hybridized carbons (Fsp3) is 0.297. The van der Waals surface area contributed by atoms with Gasteiger partial charge in [-0.05, 0) is 77.9 Å². The summed E-state index contributed by atoms with van der Waals surface area (Å²) in [6.07, 6.45) is -0.547. The second-order valence-electron chi connectivity index (χ2n) is 11.6. The van der Waals surface area contributed by atoms with Gasteiger partial charge in [0, 0.05) is 18.9 Å². The van der Waals surface area contributed by atoms with E-state index in [1.54, 1.807) is 7.11 Å².